The van der Waals surface area contributed by atoms with Crippen molar-refractivity contribution in [2.45, 2.75) is 117 Å². The lowest BCUT2D eigenvalue weighted by molar-refractivity contribution is -0.170. The third kappa shape index (κ3) is 7.76. The summed E-state index contributed by atoms with van der Waals surface area (Å²) < 4.78 is 25.5. The smallest absolute Gasteiger partial charge is 0.333 e. The van der Waals surface area contributed by atoms with E-state index >= 15 is 0 Å². The van der Waals surface area contributed by atoms with Crippen LogP contribution < -0.4 is 0 Å². The summed E-state index contributed by atoms with van der Waals surface area (Å²) in [7, 11) is -2.08. The molecule has 36 heavy (non-hydrogen) atoms. The summed E-state index contributed by atoms with van der Waals surface area (Å²) in [5, 5.41) is 0.0776. The second-order valence-electron chi connectivity index (χ2n) is 12.3. The molecule has 5 nitrogen and oxygen atoms in total. The number of rotatable bonds is 12. The first-order valence-corrected chi connectivity index (χ1v) is 16.4. The van der Waals surface area contributed by atoms with Crippen LogP contribution in [0.5, 0.6) is 0 Å². The highest BCUT2D eigenvalue weighted by atomic mass is 28.4. The van der Waals surface area contributed by atoms with E-state index in [9.17, 15) is 4.79 Å². The zero-order valence-electron chi connectivity index (χ0n) is 24.4. The van der Waals surface area contributed by atoms with Crippen LogP contribution in [0.3, 0.4) is 0 Å². The fraction of sp³-hybridized carbons (Fsp3) is 0.700. The van der Waals surface area contributed by atoms with Crippen molar-refractivity contribution in [3.63, 3.8) is 0 Å². The Morgan fingerprint density at radius 3 is 2.36 bits per heavy atom. The van der Waals surface area contributed by atoms with Gasteiger partial charge in [0.15, 0.2) is 8.32 Å². The Labute approximate surface area is 221 Å². The monoisotopic (exact) mass is 518 g/mol. The Balaban J connectivity index is 2.27. The van der Waals surface area contributed by atoms with E-state index in [4.69, 9.17) is 18.6 Å². The maximum atomic E-state index is 12.2. The minimum Gasteiger partial charge on any atom is -0.463 e. The third-order valence-electron chi connectivity index (χ3n) is 8.19. The predicted molar refractivity (Wildman–Crippen MR) is 149 cm³/mol. The number of carbonyl (C=O) groups is 1. The summed E-state index contributed by atoms with van der Waals surface area (Å²) in [5.41, 5.74) is 0.936. The maximum absolute atomic E-state index is 12.2. The molecule has 1 saturated heterocycles. The van der Waals surface area contributed by atoms with E-state index in [2.05, 4.69) is 66.8 Å². The molecule has 6 heteroatoms. The number of esters is 1. The average molecular weight is 519 g/mol. The largest absolute Gasteiger partial charge is 0.463 e. The molecule has 1 heterocycles. The molecule has 204 valence electrons. The molecule has 0 bridgehead atoms. The molecule has 1 aliphatic heterocycles. The Hall–Kier alpha value is -1.47. The topological polar surface area (TPSA) is 54.0 Å². The van der Waals surface area contributed by atoms with Crippen LogP contribution in [-0.2, 0) is 30.0 Å². The van der Waals surface area contributed by atoms with Crippen LogP contribution in [0.15, 0.2) is 42.0 Å². The van der Waals surface area contributed by atoms with E-state index in [0.29, 0.717) is 31.8 Å². The molecule has 0 N–H and O–H groups in total. The Morgan fingerprint density at radius 2 is 1.81 bits per heavy atom. The highest BCUT2D eigenvalue weighted by molar-refractivity contribution is 6.74. The number of hydrogen-bond donors (Lipinski definition) is 0. The van der Waals surface area contributed by atoms with Crippen molar-refractivity contribution in [3.05, 3.63) is 47.5 Å². The van der Waals surface area contributed by atoms with Gasteiger partial charge in [-0.1, -0.05) is 71.0 Å². The minimum atomic E-state index is -2.08. The van der Waals surface area contributed by atoms with Gasteiger partial charge in [0.25, 0.3) is 0 Å². The number of benzene rings is 1. The molecule has 0 saturated carbocycles. The van der Waals surface area contributed by atoms with Gasteiger partial charge in [-0.3, -0.25) is 0 Å². The summed E-state index contributed by atoms with van der Waals surface area (Å²) in [6, 6.07) is 10.3. The summed E-state index contributed by atoms with van der Waals surface area (Å²) in [6.45, 7) is 23.0. The van der Waals surface area contributed by atoms with Gasteiger partial charge >= 0.3 is 5.97 Å². The fourth-order valence-corrected chi connectivity index (χ4v) is 5.80. The van der Waals surface area contributed by atoms with Crippen molar-refractivity contribution in [3.8, 4) is 0 Å². The minimum absolute atomic E-state index is 0.0776. The zero-order valence-corrected chi connectivity index (χ0v) is 25.4. The van der Waals surface area contributed by atoms with Crippen molar-refractivity contribution in [2.75, 3.05) is 13.2 Å². The molecule has 0 aliphatic carbocycles. The Kier molecular flexibility index (Phi) is 10.6. The van der Waals surface area contributed by atoms with Gasteiger partial charge in [0.05, 0.1) is 37.1 Å². The first kappa shape index (κ1) is 30.7. The summed E-state index contributed by atoms with van der Waals surface area (Å²) >= 11 is 0. The summed E-state index contributed by atoms with van der Waals surface area (Å²) in [4.78, 5) is 12.2. The molecule has 0 unspecified atom stereocenters. The first-order valence-electron chi connectivity index (χ1n) is 13.5. The Bertz CT molecular complexity index is 873. The molecule has 1 fully saturated rings. The summed E-state index contributed by atoms with van der Waals surface area (Å²) in [6.07, 6.45) is 4.26. The molecular formula is C30H50O5Si. The standard InChI is InChI=1S/C30H50O5Si/c1-11-33-27(31)24(4)17-18-30(23(2)3)20-19-29(8,35-30)26(34-36(9,10)28(5,6)7)22-32-21-25-15-13-12-14-16-25/h12-17,23,26H,11,18-22H2,1-10H3/b24-17+/t26-,29+,30+/m0/s1. The highest BCUT2D eigenvalue weighted by Crippen LogP contribution is 2.48. The second-order valence-corrected chi connectivity index (χ2v) is 17.1. The molecule has 1 aliphatic rings. The molecule has 1 aromatic rings. The van der Waals surface area contributed by atoms with E-state index in [-0.39, 0.29) is 28.6 Å². The van der Waals surface area contributed by atoms with Gasteiger partial charge in [-0.05, 0) is 69.6 Å². The maximum Gasteiger partial charge on any atom is 0.333 e. The van der Waals surface area contributed by atoms with Crippen molar-refractivity contribution in [1.29, 1.82) is 0 Å². The van der Waals surface area contributed by atoms with Crippen molar-refractivity contribution in [1.82, 2.24) is 0 Å². The second kappa shape index (κ2) is 12.4. The predicted octanol–water partition coefficient (Wildman–Crippen LogP) is 7.46. The van der Waals surface area contributed by atoms with Crippen LogP contribution in [0.1, 0.15) is 80.2 Å². The SMILES string of the molecule is CCOC(=O)/C(C)=C/C[C@]1(C(C)C)CC[C@](C)([C@H](COCc2ccccc2)O[Si](C)(C)C(C)(C)C)O1. The van der Waals surface area contributed by atoms with Gasteiger partial charge in [-0.15, -0.1) is 0 Å². The molecule has 0 spiro atoms. The van der Waals surface area contributed by atoms with Gasteiger partial charge in [0, 0.05) is 5.57 Å². The van der Waals surface area contributed by atoms with E-state index in [0.717, 1.165) is 18.4 Å². The van der Waals surface area contributed by atoms with Gasteiger partial charge in [-0.25, -0.2) is 4.79 Å². The van der Waals surface area contributed by atoms with E-state index < -0.39 is 13.9 Å². The summed E-state index contributed by atoms with van der Waals surface area (Å²) in [5.74, 6) is 0.0231. The number of hydrogen-bond acceptors (Lipinski definition) is 5. The van der Waals surface area contributed by atoms with E-state index in [1.165, 1.54) is 0 Å². The van der Waals surface area contributed by atoms with Gasteiger partial charge < -0.3 is 18.6 Å². The first-order chi connectivity index (χ1) is 16.7. The van der Waals surface area contributed by atoms with Crippen LogP contribution in [0, 0.1) is 5.92 Å². The van der Waals surface area contributed by atoms with E-state index in [1.54, 1.807) is 0 Å². The lowest BCUT2D eigenvalue weighted by atomic mass is 9.83. The Morgan fingerprint density at radius 1 is 1.17 bits per heavy atom. The lowest BCUT2D eigenvalue weighted by Crippen LogP contribution is -2.54. The molecule has 1 aromatic carbocycles. The molecule has 0 radical (unpaired) electrons. The molecule has 3 atom stereocenters. The van der Waals surface area contributed by atoms with Gasteiger partial charge in [0.2, 0.25) is 0 Å². The van der Waals surface area contributed by atoms with Crippen molar-refractivity contribution >= 4 is 14.3 Å². The molecule has 0 aromatic heterocycles. The molecule has 0 amide bonds. The number of ether oxygens (including phenoxy) is 3. The van der Waals surface area contributed by atoms with Crippen LogP contribution >= 0.6 is 0 Å². The quantitative estimate of drug-likeness (QED) is 0.163. The van der Waals surface area contributed by atoms with Crippen LogP contribution in [0.4, 0.5) is 0 Å². The van der Waals surface area contributed by atoms with Gasteiger partial charge in [-0.2, -0.15) is 0 Å². The number of carbonyl (C=O) groups excluding carboxylic acids is 1. The lowest BCUT2D eigenvalue weighted by Gasteiger charge is -2.45. The highest BCUT2D eigenvalue weighted by Gasteiger charge is 2.53. The zero-order chi connectivity index (χ0) is 27.2. The van der Waals surface area contributed by atoms with Crippen LogP contribution in [-0.4, -0.2) is 44.8 Å². The van der Waals surface area contributed by atoms with Crippen LogP contribution in [0.2, 0.25) is 18.1 Å². The molecular weight excluding hydrogens is 468 g/mol. The van der Waals surface area contributed by atoms with Crippen molar-refractivity contribution < 1.29 is 23.4 Å². The van der Waals surface area contributed by atoms with Crippen molar-refractivity contribution in [2.24, 2.45) is 5.92 Å². The normalized spacial score (nSPS) is 24.2. The molecule has 2 rings (SSSR count). The van der Waals surface area contributed by atoms with E-state index in [1.807, 2.05) is 38.1 Å². The van der Waals surface area contributed by atoms with Gasteiger partial charge in [0.1, 0.15) is 0 Å². The van der Waals surface area contributed by atoms with Crippen LogP contribution in [0.25, 0.3) is 0 Å². The third-order valence-corrected chi connectivity index (χ3v) is 12.7. The average Bonchev–Trinajstić information content (AvgIpc) is 3.16. The fourth-order valence-electron chi connectivity index (χ4n) is 4.42.